The van der Waals surface area contributed by atoms with Crippen LogP contribution in [0.1, 0.15) is 25.3 Å². The Hall–Kier alpha value is -1.46. The molecule has 1 amide bonds. The lowest BCUT2D eigenvalue weighted by Gasteiger charge is -2.12. The molecular weight excluding hydrogens is 248 g/mol. The van der Waals surface area contributed by atoms with Crippen LogP contribution in [0, 0.1) is 0 Å². The molecule has 4 nitrogen and oxygen atoms in total. The van der Waals surface area contributed by atoms with E-state index < -0.39 is 0 Å². The van der Waals surface area contributed by atoms with Gasteiger partial charge >= 0.3 is 0 Å². The van der Waals surface area contributed by atoms with Crippen LogP contribution in [0.3, 0.4) is 0 Å². The Balaban J connectivity index is 1.97. The van der Waals surface area contributed by atoms with Crippen molar-refractivity contribution in [3.05, 3.63) is 29.8 Å². The van der Waals surface area contributed by atoms with E-state index >= 15 is 0 Å². The highest BCUT2D eigenvalue weighted by atomic mass is 32.1. The van der Waals surface area contributed by atoms with Crippen molar-refractivity contribution in [2.45, 2.75) is 32.0 Å². The van der Waals surface area contributed by atoms with Gasteiger partial charge in [0.15, 0.2) is 0 Å². The fourth-order valence-electron chi connectivity index (χ4n) is 1.94. The van der Waals surface area contributed by atoms with Crippen molar-refractivity contribution in [2.24, 2.45) is 5.73 Å². The lowest BCUT2D eigenvalue weighted by molar-refractivity contribution is -0.126. The third-order valence-corrected chi connectivity index (χ3v) is 3.20. The van der Waals surface area contributed by atoms with Gasteiger partial charge in [0, 0.05) is 11.3 Å². The average molecular weight is 264 g/mol. The first kappa shape index (κ1) is 13.0. The molecule has 1 heterocycles. The number of benzene rings is 1. The lowest BCUT2D eigenvalue weighted by atomic mass is 10.2. The SMILES string of the molecule is CC1CCC(C(=O)Nc2ccc(C(N)=S)cc2)O1. The quantitative estimate of drug-likeness (QED) is 0.817. The summed E-state index contributed by atoms with van der Waals surface area (Å²) in [6, 6.07) is 7.14. The second-order valence-electron chi connectivity index (χ2n) is 4.44. The van der Waals surface area contributed by atoms with Crippen molar-refractivity contribution in [1.29, 1.82) is 0 Å². The van der Waals surface area contributed by atoms with Gasteiger partial charge in [-0.2, -0.15) is 0 Å². The standard InChI is InChI=1S/C13H16N2O2S/c1-8-2-7-11(17-8)13(16)15-10-5-3-9(4-6-10)12(14)18/h3-6,8,11H,2,7H2,1H3,(H2,14,18)(H,15,16). The molecule has 18 heavy (non-hydrogen) atoms. The van der Waals surface area contributed by atoms with Crippen LogP contribution in [0.4, 0.5) is 5.69 Å². The van der Waals surface area contributed by atoms with E-state index in [-0.39, 0.29) is 18.1 Å². The van der Waals surface area contributed by atoms with E-state index in [1.807, 2.05) is 6.92 Å². The topological polar surface area (TPSA) is 64.4 Å². The summed E-state index contributed by atoms with van der Waals surface area (Å²) >= 11 is 4.86. The fraction of sp³-hybridized carbons (Fsp3) is 0.385. The maximum atomic E-state index is 11.9. The van der Waals surface area contributed by atoms with Crippen molar-refractivity contribution in [1.82, 2.24) is 0 Å². The highest BCUT2D eigenvalue weighted by molar-refractivity contribution is 7.80. The predicted molar refractivity (Wildman–Crippen MR) is 74.5 cm³/mol. The Morgan fingerprint density at radius 1 is 1.39 bits per heavy atom. The van der Waals surface area contributed by atoms with E-state index in [9.17, 15) is 4.79 Å². The molecule has 1 aromatic carbocycles. The van der Waals surface area contributed by atoms with Gasteiger partial charge in [-0.1, -0.05) is 12.2 Å². The van der Waals surface area contributed by atoms with Crippen LogP contribution < -0.4 is 11.1 Å². The second kappa shape index (κ2) is 5.46. The molecule has 1 aromatic rings. The molecule has 0 bridgehead atoms. The van der Waals surface area contributed by atoms with Gasteiger partial charge < -0.3 is 15.8 Å². The number of thiocarbonyl (C=S) groups is 1. The normalized spacial score (nSPS) is 22.7. The van der Waals surface area contributed by atoms with E-state index in [4.69, 9.17) is 22.7 Å². The van der Waals surface area contributed by atoms with Gasteiger partial charge in [-0.3, -0.25) is 4.79 Å². The molecule has 1 fully saturated rings. The summed E-state index contributed by atoms with van der Waals surface area (Å²) in [5.41, 5.74) is 7.01. The van der Waals surface area contributed by atoms with E-state index in [1.165, 1.54) is 0 Å². The summed E-state index contributed by atoms with van der Waals surface area (Å²) in [5, 5.41) is 2.82. The number of ether oxygens (including phenoxy) is 1. The summed E-state index contributed by atoms with van der Waals surface area (Å²) in [6.45, 7) is 1.98. The van der Waals surface area contributed by atoms with Crippen molar-refractivity contribution in [3.63, 3.8) is 0 Å². The Morgan fingerprint density at radius 3 is 2.56 bits per heavy atom. The molecule has 96 valence electrons. The van der Waals surface area contributed by atoms with Gasteiger partial charge in [0.1, 0.15) is 11.1 Å². The van der Waals surface area contributed by atoms with Crippen molar-refractivity contribution in [2.75, 3.05) is 5.32 Å². The molecule has 0 aromatic heterocycles. The second-order valence-corrected chi connectivity index (χ2v) is 4.88. The first-order valence-electron chi connectivity index (χ1n) is 5.92. The third-order valence-electron chi connectivity index (χ3n) is 2.96. The van der Waals surface area contributed by atoms with Crippen LogP contribution in [0.25, 0.3) is 0 Å². The highest BCUT2D eigenvalue weighted by Gasteiger charge is 2.27. The summed E-state index contributed by atoms with van der Waals surface area (Å²) < 4.78 is 5.50. The molecule has 2 atom stereocenters. The average Bonchev–Trinajstić information content (AvgIpc) is 2.76. The van der Waals surface area contributed by atoms with Crippen LogP contribution in [-0.4, -0.2) is 23.1 Å². The molecule has 0 aliphatic carbocycles. The molecule has 1 saturated heterocycles. The fourth-order valence-corrected chi connectivity index (χ4v) is 2.07. The molecule has 0 spiro atoms. The molecule has 2 rings (SSSR count). The Bertz CT molecular complexity index is 459. The smallest absolute Gasteiger partial charge is 0.253 e. The minimum absolute atomic E-state index is 0.0950. The number of hydrogen-bond donors (Lipinski definition) is 2. The van der Waals surface area contributed by atoms with Gasteiger partial charge in [0.05, 0.1) is 6.10 Å². The monoisotopic (exact) mass is 264 g/mol. The van der Waals surface area contributed by atoms with Gasteiger partial charge in [-0.15, -0.1) is 0 Å². The van der Waals surface area contributed by atoms with Gasteiger partial charge in [0.2, 0.25) is 0 Å². The molecule has 3 N–H and O–H groups in total. The van der Waals surface area contributed by atoms with Crippen LogP contribution in [0.15, 0.2) is 24.3 Å². The zero-order chi connectivity index (χ0) is 13.1. The first-order chi connectivity index (χ1) is 8.56. The Labute approximate surface area is 112 Å². The summed E-state index contributed by atoms with van der Waals surface area (Å²) in [4.78, 5) is 12.2. The number of rotatable bonds is 3. The number of nitrogens with two attached hydrogens (primary N) is 1. The minimum atomic E-state index is -0.338. The molecular formula is C13H16N2O2S. The lowest BCUT2D eigenvalue weighted by Crippen LogP contribution is -2.27. The maximum absolute atomic E-state index is 11.9. The number of anilines is 1. The minimum Gasteiger partial charge on any atom is -0.389 e. The summed E-state index contributed by atoms with van der Waals surface area (Å²) in [6.07, 6.45) is 1.53. The Kier molecular flexibility index (Phi) is 3.93. The largest absolute Gasteiger partial charge is 0.389 e. The van der Waals surface area contributed by atoms with Gasteiger partial charge in [-0.05, 0) is 44.0 Å². The number of amides is 1. The van der Waals surface area contributed by atoms with E-state index in [0.717, 1.165) is 24.1 Å². The molecule has 5 heteroatoms. The number of nitrogens with one attached hydrogen (secondary N) is 1. The number of hydrogen-bond acceptors (Lipinski definition) is 3. The molecule has 0 saturated carbocycles. The van der Waals surface area contributed by atoms with Gasteiger partial charge in [0.25, 0.3) is 5.91 Å². The summed E-state index contributed by atoms with van der Waals surface area (Å²) in [7, 11) is 0. The highest BCUT2D eigenvalue weighted by Crippen LogP contribution is 2.20. The van der Waals surface area contributed by atoms with Crippen molar-refractivity contribution in [3.8, 4) is 0 Å². The molecule has 2 unspecified atom stereocenters. The molecule has 0 radical (unpaired) electrons. The van der Waals surface area contributed by atoms with E-state index in [0.29, 0.717) is 4.99 Å². The summed E-state index contributed by atoms with van der Waals surface area (Å²) in [5.74, 6) is -0.0950. The van der Waals surface area contributed by atoms with Crippen molar-refractivity contribution >= 4 is 28.8 Å². The molecule has 1 aliphatic heterocycles. The van der Waals surface area contributed by atoms with Crippen LogP contribution in [0.2, 0.25) is 0 Å². The zero-order valence-corrected chi connectivity index (χ0v) is 11.0. The van der Waals surface area contributed by atoms with E-state index in [1.54, 1.807) is 24.3 Å². The molecule has 1 aliphatic rings. The predicted octanol–water partition coefficient (Wildman–Crippen LogP) is 1.83. The zero-order valence-electron chi connectivity index (χ0n) is 10.2. The first-order valence-corrected chi connectivity index (χ1v) is 6.33. The Morgan fingerprint density at radius 2 is 2.06 bits per heavy atom. The van der Waals surface area contributed by atoms with Crippen molar-refractivity contribution < 1.29 is 9.53 Å². The maximum Gasteiger partial charge on any atom is 0.253 e. The van der Waals surface area contributed by atoms with Gasteiger partial charge in [-0.25, -0.2) is 0 Å². The number of carbonyl (C=O) groups excluding carboxylic acids is 1. The van der Waals surface area contributed by atoms with E-state index in [2.05, 4.69) is 5.32 Å². The van der Waals surface area contributed by atoms with Crippen LogP contribution in [-0.2, 0) is 9.53 Å². The third kappa shape index (κ3) is 3.05. The van der Waals surface area contributed by atoms with Crippen LogP contribution in [0.5, 0.6) is 0 Å². The van der Waals surface area contributed by atoms with Crippen LogP contribution >= 0.6 is 12.2 Å². The number of carbonyl (C=O) groups is 1.